The van der Waals surface area contributed by atoms with Crippen molar-refractivity contribution in [2.45, 2.75) is 18.0 Å². The summed E-state index contributed by atoms with van der Waals surface area (Å²) in [5.74, 6) is 0.523. The highest BCUT2D eigenvalue weighted by molar-refractivity contribution is 7.89. The Morgan fingerprint density at radius 2 is 2.30 bits per heavy atom. The van der Waals surface area contributed by atoms with E-state index < -0.39 is 10.0 Å². The van der Waals surface area contributed by atoms with E-state index in [1.165, 1.54) is 24.8 Å². The van der Waals surface area contributed by atoms with Crippen LogP contribution in [0.25, 0.3) is 0 Å². The van der Waals surface area contributed by atoms with Crippen LogP contribution in [0.15, 0.2) is 35.7 Å². The van der Waals surface area contributed by atoms with Gasteiger partial charge in [-0.2, -0.15) is 0 Å². The topological polar surface area (TPSA) is 99.0 Å². The van der Waals surface area contributed by atoms with Crippen molar-refractivity contribution in [1.29, 1.82) is 0 Å². The van der Waals surface area contributed by atoms with Gasteiger partial charge in [-0.05, 0) is 12.1 Å². The van der Waals surface area contributed by atoms with Gasteiger partial charge >= 0.3 is 0 Å². The summed E-state index contributed by atoms with van der Waals surface area (Å²) in [5, 5.41) is 7.64. The first-order valence-electron chi connectivity index (χ1n) is 5.89. The maximum absolute atomic E-state index is 12.0. The molecule has 2 aromatic rings. The van der Waals surface area contributed by atoms with Crippen LogP contribution in [0.3, 0.4) is 0 Å². The van der Waals surface area contributed by atoms with Crippen LogP contribution in [-0.4, -0.2) is 41.9 Å². The molecule has 0 unspecified atom stereocenters. The van der Waals surface area contributed by atoms with Gasteiger partial charge in [-0.25, -0.2) is 13.1 Å². The Morgan fingerprint density at radius 3 is 3.00 bits per heavy atom. The smallest absolute Gasteiger partial charge is 0.242 e. The van der Waals surface area contributed by atoms with E-state index in [0.29, 0.717) is 19.0 Å². The maximum atomic E-state index is 12.0. The van der Waals surface area contributed by atoms with Gasteiger partial charge in [-0.15, -0.1) is 10.2 Å². The highest BCUT2D eigenvalue weighted by Crippen LogP contribution is 2.06. The summed E-state index contributed by atoms with van der Waals surface area (Å²) in [5.41, 5.74) is 0. The summed E-state index contributed by atoms with van der Waals surface area (Å²) >= 11 is 0. The number of aromatic nitrogens is 4. The van der Waals surface area contributed by atoms with Crippen LogP contribution in [0.2, 0.25) is 0 Å². The third-order valence-corrected chi connectivity index (χ3v) is 3.98. The molecule has 2 aromatic heterocycles. The summed E-state index contributed by atoms with van der Waals surface area (Å²) in [6, 6.07) is 3.04. The summed E-state index contributed by atoms with van der Waals surface area (Å²) in [6.45, 7) is 1.12. The molecule has 1 N–H and O–H groups in total. The zero-order chi connectivity index (χ0) is 14.4. The van der Waals surface area contributed by atoms with E-state index in [2.05, 4.69) is 19.9 Å². The Balaban J connectivity index is 2.04. The molecule has 9 heteroatoms. The third-order valence-electron chi connectivity index (χ3n) is 2.60. The van der Waals surface area contributed by atoms with E-state index in [1.807, 2.05) is 0 Å². The maximum Gasteiger partial charge on any atom is 0.242 e. The summed E-state index contributed by atoms with van der Waals surface area (Å²) in [7, 11) is -2.01. The van der Waals surface area contributed by atoms with E-state index in [1.54, 1.807) is 17.7 Å². The Morgan fingerprint density at radius 1 is 1.45 bits per heavy atom. The van der Waals surface area contributed by atoms with Crippen LogP contribution in [0, 0.1) is 0 Å². The van der Waals surface area contributed by atoms with E-state index >= 15 is 0 Å². The van der Waals surface area contributed by atoms with Gasteiger partial charge in [0.1, 0.15) is 17.0 Å². The van der Waals surface area contributed by atoms with Gasteiger partial charge in [0.15, 0.2) is 0 Å². The number of pyridine rings is 1. The largest absolute Gasteiger partial charge is 0.383 e. The van der Waals surface area contributed by atoms with Crippen molar-refractivity contribution in [3.63, 3.8) is 0 Å². The molecule has 0 saturated heterocycles. The third kappa shape index (κ3) is 3.59. The molecule has 108 valence electrons. The van der Waals surface area contributed by atoms with Crippen molar-refractivity contribution >= 4 is 10.0 Å². The molecule has 0 aliphatic rings. The van der Waals surface area contributed by atoms with Crippen LogP contribution in [0.1, 0.15) is 5.82 Å². The van der Waals surface area contributed by atoms with Crippen molar-refractivity contribution in [3.05, 3.63) is 36.7 Å². The van der Waals surface area contributed by atoms with Gasteiger partial charge in [0.25, 0.3) is 0 Å². The first kappa shape index (κ1) is 14.6. The SMILES string of the molecule is COCCn1cnnc1CNS(=O)(=O)c1cccnc1. The molecular weight excluding hydrogens is 282 g/mol. The van der Waals surface area contributed by atoms with Gasteiger partial charge in [-0.3, -0.25) is 4.98 Å². The van der Waals surface area contributed by atoms with E-state index in [-0.39, 0.29) is 11.4 Å². The van der Waals surface area contributed by atoms with Crippen LogP contribution < -0.4 is 4.72 Å². The molecule has 0 fully saturated rings. The van der Waals surface area contributed by atoms with Crippen molar-refractivity contribution in [2.75, 3.05) is 13.7 Å². The lowest BCUT2D eigenvalue weighted by Crippen LogP contribution is -2.25. The number of methoxy groups -OCH3 is 1. The van der Waals surface area contributed by atoms with Crippen LogP contribution in [-0.2, 0) is 27.8 Å². The number of sulfonamides is 1. The molecule has 0 saturated carbocycles. The average Bonchev–Trinajstić information content (AvgIpc) is 2.91. The Hall–Kier alpha value is -1.84. The molecule has 8 nitrogen and oxygen atoms in total. The molecule has 0 bridgehead atoms. The van der Waals surface area contributed by atoms with Crippen molar-refractivity contribution in [2.24, 2.45) is 0 Å². The Kier molecular flexibility index (Phi) is 4.77. The molecule has 0 spiro atoms. The van der Waals surface area contributed by atoms with Crippen molar-refractivity contribution < 1.29 is 13.2 Å². The van der Waals surface area contributed by atoms with Gasteiger partial charge in [0.05, 0.1) is 13.2 Å². The minimum Gasteiger partial charge on any atom is -0.383 e. The van der Waals surface area contributed by atoms with Crippen LogP contribution in [0.5, 0.6) is 0 Å². The quantitative estimate of drug-likeness (QED) is 0.759. The van der Waals surface area contributed by atoms with Gasteiger partial charge in [-0.1, -0.05) is 0 Å². The lowest BCUT2D eigenvalue weighted by Gasteiger charge is -2.08. The first-order chi connectivity index (χ1) is 9.63. The van der Waals surface area contributed by atoms with Gasteiger partial charge < -0.3 is 9.30 Å². The molecule has 2 heterocycles. The van der Waals surface area contributed by atoms with Crippen LogP contribution in [0.4, 0.5) is 0 Å². The average molecular weight is 297 g/mol. The summed E-state index contributed by atoms with van der Waals surface area (Å²) < 4.78 is 33.2. The fourth-order valence-electron chi connectivity index (χ4n) is 1.54. The minimum atomic E-state index is -3.60. The molecule has 0 atom stereocenters. The highest BCUT2D eigenvalue weighted by Gasteiger charge is 2.15. The van der Waals surface area contributed by atoms with Crippen molar-refractivity contribution in [1.82, 2.24) is 24.5 Å². The fourth-order valence-corrected chi connectivity index (χ4v) is 2.48. The van der Waals surface area contributed by atoms with E-state index in [0.717, 1.165) is 0 Å². The van der Waals surface area contributed by atoms with Gasteiger partial charge in [0, 0.05) is 26.0 Å². The Labute approximate surface area is 116 Å². The summed E-state index contributed by atoms with van der Waals surface area (Å²) in [4.78, 5) is 3.90. The normalized spacial score (nSPS) is 11.7. The molecule has 0 aliphatic carbocycles. The lowest BCUT2D eigenvalue weighted by atomic mass is 10.5. The predicted molar refractivity (Wildman–Crippen MR) is 70.2 cm³/mol. The molecule has 0 aromatic carbocycles. The molecule has 0 radical (unpaired) electrons. The molecular formula is C11H15N5O3S. The van der Waals surface area contributed by atoms with E-state index in [9.17, 15) is 8.42 Å². The number of nitrogens with zero attached hydrogens (tertiary/aromatic N) is 4. The second kappa shape index (κ2) is 6.55. The lowest BCUT2D eigenvalue weighted by molar-refractivity contribution is 0.186. The van der Waals surface area contributed by atoms with E-state index in [4.69, 9.17) is 4.74 Å². The minimum absolute atomic E-state index is 0.0565. The van der Waals surface area contributed by atoms with Crippen LogP contribution >= 0.6 is 0 Å². The number of ether oxygens (including phenoxy) is 1. The highest BCUT2D eigenvalue weighted by atomic mass is 32.2. The molecule has 2 rings (SSSR count). The van der Waals surface area contributed by atoms with Gasteiger partial charge in [0.2, 0.25) is 10.0 Å². The Bertz CT molecular complexity index is 641. The predicted octanol–water partition coefficient (Wildman–Crippen LogP) is -0.202. The summed E-state index contributed by atoms with van der Waals surface area (Å²) in [6.07, 6.45) is 4.34. The number of hydrogen-bond donors (Lipinski definition) is 1. The zero-order valence-corrected chi connectivity index (χ0v) is 11.7. The second-order valence-corrected chi connectivity index (χ2v) is 5.71. The van der Waals surface area contributed by atoms with Crippen molar-refractivity contribution in [3.8, 4) is 0 Å². The molecule has 20 heavy (non-hydrogen) atoms. The molecule has 0 aliphatic heterocycles. The number of hydrogen-bond acceptors (Lipinski definition) is 6. The fraction of sp³-hybridized carbons (Fsp3) is 0.364. The first-order valence-corrected chi connectivity index (χ1v) is 7.37. The monoisotopic (exact) mass is 297 g/mol. The molecule has 0 amide bonds. The second-order valence-electron chi connectivity index (χ2n) is 3.95. The standard InChI is InChI=1S/C11H15N5O3S/c1-19-6-5-16-9-13-15-11(16)8-14-20(17,18)10-3-2-4-12-7-10/h2-4,7,9,14H,5-6,8H2,1H3. The number of nitrogens with one attached hydrogen (secondary N) is 1. The zero-order valence-electron chi connectivity index (χ0n) is 10.9. The number of rotatable bonds is 7.